The molecule has 0 amide bonds. The summed E-state index contributed by atoms with van der Waals surface area (Å²) in [5.74, 6) is 0.986. The van der Waals surface area contributed by atoms with Crippen molar-refractivity contribution in [1.29, 1.82) is 0 Å². The van der Waals surface area contributed by atoms with E-state index in [0.29, 0.717) is 11.9 Å². The average molecular weight is 313 g/mol. The third-order valence-electron chi connectivity index (χ3n) is 4.29. The van der Waals surface area contributed by atoms with Crippen LogP contribution in [0.4, 0.5) is 5.95 Å². The van der Waals surface area contributed by atoms with Crippen molar-refractivity contribution in [3.05, 3.63) is 52.2 Å². The smallest absolute Gasteiger partial charge is 0.252 e. The van der Waals surface area contributed by atoms with Gasteiger partial charge in [0.2, 0.25) is 5.95 Å². The maximum atomic E-state index is 11.8. The molecule has 0 aliphatic carbocycles. The first-order chi connectivity index (χ1) is 11.1. The van der Waals surface area contributed by atoms with Crippen molar-refractivity contribution in [1.82, 2.24) is 19.9 Å². The van der Waals surface area contributed by atoms with Crippen LogP contribution < -0.4 is 10.5 Å². The Hall–Kier alpha value is -2.21. The van der Waals surface area contributed by atoms with Crippen LogP contribution in [0.25, 0.3) is 0 Å². The first kappa shape index (κ1) is 15.7. The van der Waals surface area contributed by atoms with Crippen LogP contribution in [0.1, 0.15) is 30.1 Å². The van der Waals surface area contributed by atoms with E-state index in [4.69, 9.17) is 0 Å². The number of piperidine rings is 1. The van der Waals surface area contributed by atoms with E-state index in [1.165, 1.54) is 0 Å². The number of pyridine rings is 1. The van der Waals surface area contributed by atoms with Crippen LogP contribution in [0.5, 0.6) is 0 Å². The summed E-state index contributed by atoms with van der Waals surface area (Å²) in [7, 11) is 3.77. The van der Waals surface area contributed by atoms with Gasteiger partial charge < -0.3 is 4.90 Å². The van der Waals surface area contributed by atoms with E-state index in [2.05, 4.69) is 25.9 Å². The molecule has 1 aliphatic heterocycles. The maximum Gasteiger partial charge on any atom is 0.252 e. The van der Waals surface area contributed by atoms with Gasteiger partial charge in [-0.15, -0.1) is 0 Å². The highest BCUT2D eigenvalue weighted by Gasteiger charge is 2.22. The molecule has 6 heteroatoms. The van der Waals surface area contributed by atoms with Gasteiger partial charge in [0.1, 0.15) is 0 Å². The number of anilines is 1. The molecule has 6 nitrogen and oxygen atoms in total. The summed E-state index contributed by atoms with van der Waals surface area (Å²) in [4.78, 5) is 27.8. The SMILES string of the molecule is CN(C)c1nc(C2CCN(Cc3ccccn3)CC2)cc(=O)[nH]1. The molecule has 3 heterocycles. The zero-order valence-electron chi connectivity index (χ0n) is 13.7. The molecule has 2 aromatic heterocycles. The summed E-state index contributed by atoms with van der Waals surface area (Å²) in [6.45, 7) is 2.90. The van der Waals surface area contributed by atoms with Crippen molar-refractivity contribution in [3.8, 4) is 0 Å². The van der Waals surface area contributed by atoms with Gasteiger partial charge in [0.15, 0.2) is 0 Å². The normalized spacial score (nSPS) is 16.4. The lowest BCUT2D eigenvalue weighted by Gasteiger charge is -2.31. The Morgan fingerprint density at radius 3 is 2.74 bits per heavy atom. The lowest BCUT2D eigenvalue weighted by molar-refractivity contribution is 0.201. The molecular formula is C17H23N5O. The van der Waals surface area contributed by atoms with E-state index in [0.717, 1.165) is 43.9 Å². The van der Waals surface area contributed by atoms with Gasteiger partial charge in [0.05, 0.1) is 11.4 Å². The summed E-state index contributed by atoms with van der Waals surface area (Å²) in [5.41, 5.74) is 1.94. The van der Waals surface area contributed by atoms with Gasteiger partial charge in [0.25, 0.3) is 5.56 Å². The minimum atomic E-state index is -0.0744. The molecule has 0 saturated carbocycles. The molecule has 122 valence electrons. The second-order valence-electron chi connectivity index (χ2n) is 6.26. The number of likely N-dealkylation sites (tertiary alicyclic amines) is 1. The van der Waals surface area contributed by atoms with Crippen molar-refractivity contribution in [2.75, 3.05) is 32.1 Å². The third kappa shape index (κ3) is 3.96. The Kier molecular flexibility index (Phi) is 4.71. The summed E-state index contributed by atoms with van der Waals surface area (Å²) in [5, 5.41) is 0. The Bertz CT molecular complexity index is 690. The highest BCUT2D eigenvalue weighted by molar-refractivity contribution is 5.28. The standard InChI is InChI=1S/C17H23N5O/c1-21(2)17-19-15(11-16(23)20-17)13-6-9-22(10-7-13)12-14-5-3-4-8-18-14/h3-5,8,11,13H,6-7,9-10,12H2,1-2H3,(H,19,20,23). The Morgan fingerprint density at radius 1 is 1.30 bits per heavy atom. The van der Waals surface area contributed by atoms with Gasteiger partial charge in [-0.05, 0) is 38.1 Å². The third-order valence-corrected chi connectivity index (χ3v) is 4.29. The number of nitrogens with zero attached hydrogens (tertiary/aromatic N) is 4. The van der Waals surface area contributed by atoms with Crippen molar-refractivity contribution in [2.45, 2.75) is 25.3 Å². The van der Waals surface area contributed by atoms with Gasteiger partial charge in [-0.2, -0.15) is 0 Å². The van der Waals surface area contributed by atoms with Gasteiger partial charge in [-0.3, -0.25) is 19.7 Å². The number of aromatic nitrogens is 3. The Balaban J connectivity index is 1.64. The van der Waals surface area contributed by atoms with Crippen LogP contribution in [0.3, 0.4) is 0 Å². The maximum absolute atomic E-state index is 11.8. The second kappa shape index (κ2) is 6.91. The molecule has 2 aromatic rings. The summed E-state index contributed by atoms with van der Waals surface area (Å²) in [6.07, 6.45) is 3.89. The van der Waals surface area contributed by atoms with E-state index in [1.807, 2.05) is 37.3 Å². The minimum Gasteiger partial charge on any atom is -0.348 e. The van der Waals surface area contributed by atoms with Crippen molar-refractivity contribution >= 4 is 5.95 Å². The quantitative estimate of drug-likeness (QED) is 0.929. The Morgan fingerprint density at radius 2 is 2.09 bits per heavy atom. The molecule has 0 atom stereocenters. The number of hydrogen-bond acceptors (Lipinski definition) is 5. The number of H-pyrrole nitrogens is 1. The molecule has 1 N–H and O–H groups in total. The molecule has 23 heavy (non-hydrogen) atoms. The van der Waals surface area contributed by atoms with Crippen molar-refractivity contribution in [3.63, 3.8) is 0 Å². The second-order valence-corrected chi connectivity index (χ2v) is 6.26. The first-order valence-corrected chi connectivity index (χ1v) is 8.02. The van der Waals surface area contributed by atoms with E-state index in [1.54, 1.807) is 6.07 Å². The Labute approximate surface area is 136 Å². The number of aromatic amines is 1. The fourth-order valence-corrected chi connectivity index (χ4v) is 2.99. The zero-order chi connectivity index (χ0) is 16.2. The van der Waals surface area contributed by atoms with Crippen LogP contribution in [-0.4, -0.2) is 47.0 Å². The van der Waals surface area contributed by atoms with E-state index < -0.39 is 0 Å². The number of nitrogens with one attached hydrogen (secondary N) is 1. The van der Waals surface area contributed by atoms with E-state index >= 15 is 0 Å². The van der Waals surface area contributed by atoms with E-state index in [-0.39, 0.29) is 5.56 Å². The van der Waals surface area contributed by atoms with Crippen LogP contribution in [0.15, 0.2) is 35.3 Å². The fourth-order valence-electron chi connectivity index (χ4n) is 2.99. The molecule has 1 saturated heterocycles. The van der Waals surface area contributed by atoms with Crippen molar-refractivity contribution < 1.29 is 0 Å². The molecule has 0 spiro atoms. The molecule has 0 unspecified atom stereocenters. The largest absolute Gasteiger partial charge is 0.348 e. The summed E-state index contributed by atoms with van der Waals surface area (Å²) >= 11 is 0. The lowest BCUT2D eigenvalue weighted by Crippen LogP contribution is -2.33. The molecule has 1 aliphatic rings. The molecule has 0 bridgehead atoms. The molecule has 1 fully saturated rings. The molecule has 0 aromatic carbocycles. The predicted molar refractivity (Wildman–Crippen MR) is 90.7 cm³/mol. The molecule has 0 radical (unpaired) electrons. The highest BCUT2D eigenvalue weighted by Crippen LogP contribution is 2.27. The monoisotopic (exact) mass is 313 g/mol. The molecular weight excluding hydrogens is 290 g/mol. The fraction of sp³-hybridized carbons (Fsp3) is 0.471. The van der Waals surface area contributed by atoms with Gasteiger partial charge in [0, 0.05) is 38.8 Å². The summed E-state index contributed by atoms with van der Waals surface area (Å²) in [6, 6.07) is 7.68. The van der Waals surface area contributed by atoms with Crippen LogP contribution in [0, 0.1) is 0 Å². The highest BCUT2D eigenvalue weighted by atomic mass is 16.1. The summed E-state index contributed by atoms with van der Waals surface area (Å²) < 4.78 is 0. The van der Waals surface area contributed by atoms with E-state index in [9.17, 15) is 4.79 Å². The number of rotatable bonds is 4. The minimum absolute atomic E-state index is 0.0744. The van der Waals surface area contributed by atoms with Crippen LogP contribution in [-0.2, 0) is 6.54 Å². The lowest BCUT2D eigenvalue weighted by atomic mass is 9.93. The van der Waals surface area contributed by atoms with Gasteiger partial charge >= 0.3 is 0 Å². The number of hydrogen-bond donors (Lipinski definition) is 1. The predicted octanol–water partition coefficient (Wildman–Crippen LogP) is 1.61. The van der Waals surface area contributed by atoms with Gasteiger partial charge in [-0.25, -0.2) is 4.98 Å². The van der Waals surface area contributed by atoms with Crippen LogP contribution in [0.2, 0.25) is 0 Å². The average Bonchev–Trinajstić information content (AvgIpc) is 2.56. The van der Waals surface area contributed by atoms with Gasteiger partial charge in [-0.1, -0.05) is 6.07 Å². The van der Waals surface area contributed by atoms with Crippen molar-refractivity contribution in [2.24, 2.45) is 0 Å². The topological polar surface area (TPSA) is 65.1 Å². The zero-order valence-corrected chi connectivity index (χ0v) is 13.7. The first-order valence-electron chi connectivity index (χ1n) is 8.02. The molecule has 3 rings (SSSR count). The van der Waals surface area contributed by atoms with Crippen LogP contribution >= 0.6 is 0 Å².